The number of fused-ring (bicyclic) bond motifs is 1. The number of phenols is 1. The molecule has 1 heterocycles. The molecular formula is C19H25NO2. The number of phenolic OH excluding ortho intramolecular Hbond substituents is 1. The van der Waals surface area contributed by atoms with Crippen LogP contribution >= 0.6 is 0 Å². The van der Waals surface area contributed by atoms with Gasteiger partial charge in [-0.15, -0.1) is 0 Å². The normalized spacial score (nSPS) is 40.3. The second-order valence-electron chi connectivity index (χ2n) is 8.11. The van der Waals surface area contributed by atoms with Gasteiger partial charge < -0.3 is 10.2 Å². The summed E-state index contributed by atoms with van der Waals surface area (Å²) in [5.41, 5.74) is 1.91. The van der Waals surface area contributed by atoms with E-state index in [0.29, 0.717) is 5.75 Å². The number of piperidine rings is 1. The van der Waals surface area contributed by atoms with Crippen LogP contribution in [0.5, 0.6) is 5.75 Å². The van der Waals surface area contributed by atoms with E-state index in [2.05, 4.69) is 11.0 Å². The molecule has 3 aliphatic carbocycles. The highest BCUT2D eigenvalue weighted by Gasteiger charge is 2.64. The van der Waals surface area contributed by atoms with Crippen LogP contribution in [0.25, 0.3) is 0 Å². The van der Waals surface area contributed by atoms with Crippen LogP contribution < -0.4 is 0 Å². The Balaban J connectivity index is 1.63. The van der Waals surface area contributed by atoms with E-state index in [9.17, 15) is 10.2 Å². The topological polar surface area (TPSA) is 43.7 Å². The van der Waals surface area contributed by atoms with Gasteiger partial charge in [-0.2, -0.15) is 0 Å². The first-order chi connectivity index (χ1) is 10.6. The van der Waals surface area contributed by atoms with Crippen LogP contribution in [0.15, 0.2) is 18.2 Å². The summed E-state index contributed by atoms with van der Waals surface area (Å²) in [5.74, 6) is 1.22. The fraction of sp³-hybridized carbons (Fsp3) is 0.684. The molecule has 118 valence electrons. The zero-order chi connectivity index (χ0) is 14.9. The maximum Gasteiger partial charge on any atom is 0.115 e. The molecule has 4 aliphatic rings. The average Bonchev–Trinajstić information content (AvgIpc) is 3.22. The van der Waals surface area contributed by atoms with E-state index in [1.807, 2.05) is 12.1 Å². The van der Waals surface area contributed by atoms with Gasteiger partial charge in [0.1, 0.15) is 5.75 Å². The smallest absolute Gasteiger partial charge is 0.115 e. The summed E-state index contributed by atoms with van der Waals surface area (Å²) < 4.78 is 0. The quantitative estimate of drug-likeness (QED) is 0.882. The van der Waals surface area contributed by atoms with Crippen LogP contribution in [0.4, 0.5) is 0 Å². The van der Waals surface area contributed by atoms with Gasteiger partial charge in [-0.05, 0) is 80.7 Å². The summed E-state index contributed by atoms with van der Waals surface area (Å²) in [6, 6.07) is 6.13. The van der Waals surface area contributed by atoms with Gasteiger partial charge in [-0.25, -0.2) is 0 Å². The number of hydrogen-bond acceptors (Lipinski definition) is 3. The predicted molar refractivity (Wildman–Crippen MR) is 85.0 cm³/mol. The summed E-state index contributed by atoms with van der Waals surface area (Å²) in [7, 11) is 0. The molecule has 0 radical (unpaired) electrons. The molecule has 0 amide bonds. The van der Waals surface area contributed by atoms with Crippen molar-refractivity contribution in [2.45, 2.75) is 62.0 Å². The van der Waals surface area contributed by atoms with Crippen molar-refractivity contribution in [1.82, 2.24) is 4.90 Å². The Morgan fingerprint density at radius 2 is 2.05 bits per heavy atom. The molecular weight excluding hydrogens is 274 g/mol. The lowest BCUT2D eigenvalue weighted by Gasteiger charge is -2.59. The first-order valence-corrected chi connectivity index (χ1v) is 8.91. The van der Waals surface area contributed by atoms with E-state index in [4.69, 9.17) is 0 Å². The van der Waals surface area contributed by atoms with Crippen molar-refractivity contribution in [2.75, 3.05) is 13.1 Å². The van der Waals surface area contributed by atoms with Crippen LogP contribution in [0.2, 0.25) is 0 Å². The maximum absolute atomic E-state index is 11.7. The summed E-state index contributed by atoms with van der Waals surface area (Å²) in [5, 5.41) is 21.7. The Morgan fingerprint density at radius 3 is 2.86 bits per heavy atom. The molecule has 0 aromatic heterocycles. The van der Waals surface area contributed by atoms with Crippen molar-refractivity contribution in [1.29, 1.82) is 0 Å². The predicted octanol–water partition coefficient (Wildman–Crippen LogP) is 2.59. The van der Waals surface area contributed by atoms with Crippen LogP contribution in [-0.4, -0.2) is 39.8 Å². The Bertz CT molecular complexity index is 626. The molecule has 3 nitrogen and oxygen atoms in total. The van der Waals surface area contributed by atoms with Gasteiger partial charge >= 0.3 is 0 Å². The number of benzene rings is 1. The van der Waals surface area contributed by atoms with Gasteiger partial charge in [-0.3, -0.25) is 4.90 Å². The van der Waals surface area contributed by atoms with E-state index in [0.717, 1.165) is 44.6 Å². The van der Waals surface area contributed by atoms with Crippen molar-refractivity contribution in [2.24, 2.45) is 5.92 Å². The zero-order valence-electron chi connectivity index (χ0n) is 13.1. The molecule has 3 heteroatoms. The molecule has 22 heavy (non-hydrogen) atoms. The molecule has 1 saturated heterocycles. The van der Waals surface area contributed by atoms with E-state index in [-0.39, 0.29) is 11.5 Å². The van der Waals surface area contributed by atoms with Crippen molar-refractivity contribution in [3.8, 4) is 5.75 Å². The SMILES string of the molecule is Oc1ccc2c(c1)[C@@]13CCC[C@@]1(O)[C@@H](C2)N(CC1CC1)CC3. The third-order valence-corrected chi connectivity index (χ3v) is 7.02. The molecule has 3 fully saturated rings. The lowest BCUT2D eigenvalue weighted by atomic mass is 9.56. The van der Waals surface area contributed by atoms with E-state index in [1.54, 1.807) is 0 Å². The van der Waals surface area contributed by atoms with Gasteiger partial charge in [-0.1, -0.05) is 6.07 Å². The lowest BCUT2D eigenvalue weighted by Crippen LogP contribution is -2.69. The molecule has 1 aromatic rings. The van der Waals surface area contributed by atoms with E-state index >= 15 is 0 Å². The molecule has 2 N–H and O–H groups in total. The third-order valence-electron chi connectivity index (χ3n) is 7.02. The van der Waals surface area contributed by atoms with Gasteiger partial charge in [0.25, 0.3) is 0 Å². The Hall–Kier alpha value is -1.06. The Labute approximate surface area is 132 Å². The molecule has 1 aliphatic heterocycles. The molecule has 0 unspecified atom stereocenters. The second-order valence-corrected chi connectivity index (χ2v) is 8.11. The Kier molecular flexibility index (Phi) is 2.60. The number of likely N-dealkylation sites (tertiary alicyclic amines) is 1. The van der Waals surface area contributed by atoms with Crippen LogP contribution in [-0.2, 0) is 11.8 Å². The number of rotatable bonds is 2. The second kappa shape index (κ2) is 4.27. The van der Waals surface area contributed by atoms with Gasteiger partial charge in [0.05, 0.1) is 5.60 Å². The van der Waals surface area contributed by atoms with Crippen molar-refractivity contribution < 1.29 is 10.2 Å². The summed E-state index contributed by atoms with van der Waals surface area (Å²) in [6.07, 6.45) is 7.85. The number of nitrogens with zero attached hydrogens (tertiary/aromatic N) is 1. The van der Waals surface area contributed by atoms with E-state index < -0.39 is 5.60 Å². The monoisotopic (exact) mass is 299 g/mol. The van der Waals surface area contributed by atoms with Crippen LogP contribution in [0.3, 0.4) is 0 Å². The van der Waals surface area contributed by atoms with Gasteiger partial charge in [0.15, 0.2) is 0 Å². The summed E-state index contributed by atoms with van der Waals surface area (Å²) >= 11 is 0. The van der Waals surface area contributed by atoms with Crippen LogP contribution in [0.1, 0.15) is 49.7 Å². The first kappa shape index (κ1) is 13.4. The van der Waals surface area contributed by atoms with Gasteiger partial charge in [0, 0.05) is 18.0 Å². The number of aliphatic hydroxyl groups is 1. The van der Waals surface area contributed by atoms with E-state index in [1.165, 1.54) is 30.5 Å². The highest BCUT2D eigenvalue weighted by molar-refractivity contribution is 5.48. The fourth-order valence-corrected chi connectivity index (χ4v) is 5.78. The van der Waals surface area contributed by atoms with Crippen LogP contribution in [0, 0.1) is 5.92 Å². The van der Waals surface area contributed by atoms with Crippen molar-refractivity contribution in [3.05, 3.63) is 29.3 Å². The minimum Gasteiger partial charge on any atom is -0.508 e. The summed E-state index contributed by atoms with van der Waals surface area (Å²) in [4.78, 5) is 2.59. The summed E-state index contributed by atoms with van der Waals surface area (Å²) in [6.45, 7) is 2.29. The van der Waals surface area contributed by atoms with Crippen molar-refractivity contribution >= 4 is 0 Å². The lowest BCUT2D eigenvalue weighted by molar-refractivity contribution is -0.130. The largest absolute Gasteiger partial charge is 0.508 e. The molecule has 5 rings (SSSR count). The highest BCUT2D eigenvalue weighted by Crippen LogP contribution is 2.60. The van der Waals surface area contributed by atoms with Crippen molar-refractivity contribution in [3.63, 3.8) is 0 Å². The highest BCUT2D eigenvalue weighted by atomic mass is 16.3. The maximum atomic E-state index is 11.7. The number of hydrogen-bond donors (Lipinski definition) is 2. The molecule has 3 atom stereocenters. The fourth-order valence-electron chi connectivity index (χ4n) is 5.78. The minimum absolute atomic E-state index is 0.107. The standard InChI is InChI=1S/C19H25NO2/c21-15-5-4-14-10-17-19(22)7-1-6-18(19,16(14)11-15)8-9-20(17)12-13-2-3-13/h4-5,11,13,17,21-22H,1-3,6-10,12H2/t17-,18+,19-/m1/s1. The zero-order valence-corrected chi connectivity index (χ0v) is 13.1. The minimum atomic E-state index is -0.582. The first-order valence-electron chi connectivity index (χ1n) is 8.91. The number of aromatic hydroxyl groups is 1. The third kappa shape index (κ3) is 1.59. The molecule has 0 spiro atoms. The molecule has 1 aromatic carbocycles. The molecule has 2 bridgehead atoms. The Morgan fingerprint density at radius 1 is 1.18 bits per heavy atom. The van der Waals surface area contributed by atoms with Gasteiger partial charge in [0.2, 0.25) is 0 Å². The molecule has 2 saturated carbocycles. The average molecular weight is 299 g/mol.